The minimum absolute atomic E-state index is 0. The third-order valence-electron chi connectivity index (χ3n) is 2.41. The Balaban J connectivity index is -0.0000000900. The van der Waals surface area contributed by atoms with Crippen molar-refractivity contribution in [3.05, 3.63) is 60.7 Å². The maximum absolute atomic E-state index is 12.4. The molecule has 0 aromatic carbocycles. The van der Waals surface area contributed by atoms with Gasteiger partial charge >= 0.3 is 17.7 Å². The van der Waals surface area contributed by atoms with Crippen molar-refractivity contribution in [1.82, 2.24) is 0 Å². The second-order valence-electron chi connectivity index (χ2n) is 4.49. The number of nitrogens with zero attached hydrogens (tertiary/aromatic N) is 6. The summed E-state index contributed by atoms with van der Waals surface area (Å²) in [5.41, 5.74) is 0. The SMILES string of the molecule is F.F.F.O=[N+]([O-])C(F)(CO[S])[N+](=O)[O-].O=[N+]([O-])C(F)(CO[S])[N+](=O)[O-].O=[N+]([O-])C(F)(CO[S])[N+](=O)[O-]. The molecule has 0 aliphatic carbocycles. The van der Waals surface area contributed by atoms with Crippen LogP contribution in [-0.2, 0) is 12.5 Å². The molecule has 0 saturated carbocycles. The summed E-state index contributed by atoms with van der Waals surface area (Å²) in [4.78, 5) is 48.0. The van der Waals surface area contributed by atoms with Crippen LogP contribution in [0.15, 0.2) is 0 Å². The van der Waals surface area contributed by atoms with Gasteiger partial charge in [-0.2, -0.15) is 0 Å². The average Bonchev–Trinajstić information content (AvgIpc) is 2.68. The highest BCUT2D eigenvalue weighted by Gasteiger charge is 2.60. The summed E-state index contributed by atoms with van der Waals surface area (Å²) in [6, 6.07) is 0. The molecule has 0 atom stereocenters. The van der Waals surface area contributed by atoms with Gasteiger partial charge in [0.1, 0.15) is 29.5 Å². The number of rotatable bonds is 12. The molecule has 213 valence electrons. The molecule has 0 unspecified atom stereocenters. The standard InChI is InChI=1S/3C2H2FN2O5S.3FH/c3*3-2(1-10-11,4(6)7)5(8)9;;;/h3*1H2;3*1H. The van der Waals surface area contributed by atoms with E-state index in [4.69, 9.17) is 0 Å². The Bertz CT molecular complexity index is 618. The van der Waals surface area contributed by atoms with Crippen molar-refractivity contribution in [2.45, 2.75) is 17.7 Å². The Morgan fingerprint density at radius 2 is 0.583 bits per heavy atom. The molecular formula is C6H9F6N6O15S3. The molecule has 0 fully saturated rings. The molecule has 0 N–H and O–H groups in total. The zero-order valence-electron chi connectivity index (χ0n) is 16.0. The predicted octanol–water partition coefficient (Wildman–Crippen LogP) is 1.33. The smallest absolute Gasteiger partial charge is 0.284 e. The third-order valence-corrected chi connectivity index (χ3v) is 2.76. The number of nitro groups is 6. The van der Waals surface area contributed by atoms with Crippen LogP contribution in [0.25, 0.3) is 0 Å². The topological polar surface area (TPSA) is 287 Å². The van der Waals surface area contributed by atoms with Crippen LogP contribution in [0, 0.1) is 60.7 Å². The molecule has 0 spiro atoms. The Kier molecular flexibility index (Phi) is 25.9. The van der Waals surface area contributed by atoms with Gasteiger partial charge in [-0.25, -0.2) is 0 Å². The summed E-state index contributed by atoms with van der Waals surface area (Å²) in [5, 5.41) is 58.3. The van der Waals surface area contributed by atoms with Gasteiger partial charge in [0.2, 0.25) is 19.8 Å². The third kappa shape index (κ3) is 13.7. The molecule has 0 aliphatic rings. The van der Waals surface area contributed by atoms with E-state index in [2.05, 4.69) is 51.3 Å². The highest BCUT2D eigenvalue weighted by molar-refractivity contribution is 7.75. The largest absolute Gasteiger partial charge is 0.639 e. The normalized spacial score (nSPS) is 10.2. The quantitative estimate of drug-likeness (QED) is 0.0983. The molecule has 0 bridgehead atoms. The van der Waals surface area contributed by atoms with Gasteiger partial charge in [-0.1, -0.05) is 13.2 Å². The Labute approximate surface area is 207 Å². The van der Waals surface area contributed by atoms with Crippen LogP contribution in [0.5, 0.6) is 0 Å². The molecule has 36 heavy (non-hydrogen) atoms. The summed E-state index contributed by atoms with van der Waals surface area (Å²) in [6.45, 7) is -4.16. The molecule has 0 heterocycles. The second-order valence-corrected chi connectivity index (χ2v) is 5.19. The monoisotopic (exact) mass is 615 g/mol. The first-order valence-corrected chi connectivity index (χ1v) is 7.53. The van der Waals surface area contributed by atoms with Crippen molar-refractivity contribution in [3.8, 4) is 0 Å². The fourth-order valence-electron chi connectivity index (χ4n) is 0.741. The van der Waals surface area contributed by atoms with Crippen molar-refractivity contribution in [2.75, 3.05) is 19.8 Å². The zero-order chi connectivity index (χ0) is 27.2. The lowest BCUT2D eigenvalue weighted by Crippen LogP contribution is -2.45. The Morgan fingerprint density at radius 3 is 0.611 bits per heavy atom. The van der Waals surface area contributed by atoms with Gasteiger partial charge in [-0.3, -0.25) is 87.3 Å². The van der Waals surface area contributed by atoms with Gasteiger partial charge in [-0.15, -0.1) is 0 Å². The molecule has 3 radical (unpaired) electrons. The van der Waals surface area contributed by atoms with E-state index in [0.29, 0.717) is 0 Å². The first-order valence-electron chi connectivity index (χ1n) is 6.53. The summed E-state index contributed by atoms with van der Waals surface area (Å²) in [7, 11) is 0. The molecule has 0 aromatic rings. The lowest BCUT2D eigenvalue weighted by atomic mass is 10.5. The van der Waals surface area contributed by atoms with Crippen LogP contribution in [0.4, 0.5) is 27.3 Å². The van der Waals surface area contributed by atoms with E-state index in [1.807, 2.05) is 0 Å². The maximum Gasteiger partial charge on any atom is 0.639 e. The van der Waals surface area contributed by atoms with Gasteiger partial charge < -0.3 is 0 Å². The van der Waals surface area contributed by atoms with Gasteiger partial charge in [0.15, 0.2) is 0 Å². The van der Waals surface area contributed by atoms with Gasteiger partial charge in [0, 0.05) is 0 Å². The lowest BCUT2D eigenvalue weighted by molar-refractivity contribution is -0.832. The van der Waals surface area contributed by atoms with Crippen LogP contribution in [0.2, 0.25) is 0 Å². The van der Waals surface area contributed by atoms with Crippen molar-refractivity contribution in [3.63, 3.8) is 0 Å². The summed E-state index contributed by atoms with van der Waals surface area (Å²) in [5.74, 6) is -11.5. The number of hydrogen-bond donors (Lipinski definition) is 0. The highest BCUT2D eigenvalue weighted by atomic mass is 32.1. The molecule has 0 aromatic heterocycles. The first-order chi connectivity index (χ1) is 14.8. The van der Waals surface area contributed by atoms with E-state index in [1.54, 1.807) is 0 Å². The maximum atomic E-state index is 12.4. The van der Waals surface area contributed by atoms with E-state index in [9.17, 15) is 73.9 Å². The first kappa shape index (κ1) is 46.3. The minimum atomic E-state index is -3.83. The van der Waals surface area contributed by atoms with Crippen LogP contribution < -0.4 is 0 Å². The summed E-state index contributed by atoms with van der Waals surface area (Å²) < 4.78 is 48.0. The fourth-order valence-corrected chi connectivity index (χ4v) is 1.19. The highest BCUT2D eigenvalue weighted by Crippen LogP contribution is 2.15. The van der Waals surface area contributed by atoms with E-state index in [-0.39, 0.29) is 14.1 Å². The molecule has 0 rings (SSSR count). The summed E-state index contributed by atoms with van der Waals surface area (Å²) >= 11 is 11.1. The van der Waals surface area contributed by atoms with Crippen molar-refractivity contribution >= 4 is 38.7 Å². The zero-order valence-corrected chi connectivity index (χ0v) is 18.5. The van der Waals surface area contributed by atoms with Gasteiger partial charge in [0.05, 0.1) is 38.7 Å². The Hall–Kier alpha value is -3.09. The van der Waals surface area contributed by atoms with Crippen molar-refractivity contribution < 1.29 is 69.4 Å². The lowest BCUT2D eigenvalue weighted by Gasteiger charge is -2.04. The summed E-state index contributed by atoms with van der Waals surface area (Å²) in [6.07, 6.45) is 0. The van der Waals surface area contributed by atoms with Crippen LogP contribution >= 0.6 is 38.7 Å². The molecule has 0 saturated heterocycles. The molecule has 0 aliphatic heterocycles. The van der Waals surface area contributed by atoms with Crippen molar-refractivity contribution in [2.24, 2.45) is 0 Å². The predicted molar refractivity (Wildman–Crippen MR) is 102 cm³/mol. The number of halogens is 6. The Morgan fingerprint density at radius 1 is 0.472 bits per heavy atom. The van der Waals surface area contributed by atoms with E-state index >= 15 is 0 Å². The van der Waals surface area contributed by atoms with Crippen molar-refractivity contribution in [1.29, 1.82) is 0 Å². The number of alkyl halides is 3. The second kappa shape index (κ2) is 20.1. The fraction of sp³-hybridized carbons (Fsp3) is 1.00. The minimum Gasteiger partial charge on any atom is -0.284 e. The van der Waals surface area contributed by atoms with Crippen LogP contribution in [0.1, 0.15) is 0 Å². The molecule has 0 amide bonds. The molecule has 30 heteroatoms. The van der Waals surface area contributed by atoms with Gasteiger partial charge in [0.25, 0.3) is 0 Å². The van der Waals surface area contributed by atoms with Gasteiger partial charge in [-0.05, 0) is 0 Å². The van der Waals surface area contributed by atoms with E-state index in [1.165, 1.54) is 0 Å². The van der Waals surface area contributed by atoms with Crippen LogP contribution in [0.3, 0.4) is 0 Å². The molecular weight excluding hydrogens is 606 g/mol. The average molecular weight is 615 g/mol. The van der Waals surface area contributed by atoms with E-state index < -0.39 is 67.1 Å². The van der Waals surface area contributed by atoms with Crippen LogP contribution in [-0.4, -0.2) is 67.1 Å². The van der Waals surface area contributed by atoms with E-state index in [0.717, 1.165) is 0 Å². The number of hydrogen-bond acceptors (Lipinski definition) is 15. The molecule has 21 nitrogen and oxygen atoms in total.